The van der Waals surface area contributed by atoms with Crippen molar-refractivity contribution in [3.63, 3.8) is 0 Å². The second-order valence-corrected chi connectivity index (χ2v) is 4.73. The Bertz CT molecular complexity index is 500. The van der Waals surface area contributed by atoms with E-state index in [4.69, 9.17) is 10.3 Å². The summed E-state index contributed by atoms with van der Waals surface area (Å²) in [5.41, 5.74) is 5.29. The van der Waals surface area contributed by atoms with E-state index in [-0.39, 0.29) is 5.54 Å². The van der Waals surface area contributed by atoms with Crippen molar-refractivity contribution in [2.24, 2.45) is 11.7 Å². The van der Waals surface area contributed by atoms with Gasteiger partial charge >= 0.3 is 0 Å². The molecule has 1 aliphatic carbocycles. The summed E-state index contributed by atoms with van der Waals surface area (Å²) < 4.78 is 7.54. The Hall–Kier alpha value is -1.62. The van der Waals surface area contributed by atoms with E-state index in [0.717, 1.165) is 0 Å². The summed E-state index contributed by atoms with van der Waals surface area (Å²) in [5, 5.41) is 3.90. The van der Waals surface area contributed by atoms with Crippen molar-refractivity contribution < 1.29 is 4.52 Å². The summed E-state index contributed by atoms with van der Waals surface area (Å²) in [5.74, 6) is 1.80. The van der Waals surface area contributed by atoms with Crippen LogP contribution in [-0.4, -0.2) is 14.7 Å². The van der Waals surface area contributed by atoms with Gasteiger partial charge in [-0.1, -0.05) is 5.16 Å². The predicted octanol–water partition coefficient (Wildman–Crippen LogP) is 1.50. The van der Waals surface area contributed by atoms with Crippen LogP contribution in [0, 0.1) is 5.92 Å². The lowest BCUT2D eigenvalue weighted by atomic mass is 9.95. The molecule has 0 spiro atoms. The van der Waals surface area contributed by atoms with Crippen molar-refractivity contribution in [3.8, 4) is 0 Å². The number of rotatable bonds is 4. The maximum absolute atomic E-state index is 5.53. The van der Waals surface area contributed by atoms with Gasteiger partial charge in [-0.25, -0.2) is 0 Å². The van der Waals surface area contributed by atoms with E-state index in [2.05, 4.69) is 21.6 Å². The quantitative estimate of drug-likeness (QED) is 0.867. The number of nitrogens with zero attached hydrogens (tertiary/aromatic N) is 3. The summed E-state index contributed by atoms with van der Waals surface area (Å²) in [6.45, 7) is 2.47. The number of aromatic nitrogens is 3. The molecule has 0 aliphatic heterocycles. The molecule has 1 unspecified atom stereocenters. The fraction of sp³-hybridized carbons (Fsp3) is 0.500. The molecule has 1 fully saturated rings. The van der Waals surface area contributed by atoms with Gasteiger partial charge in [-0.3, -0.25) is 0 Å². The van der Waals surface area contributed by atoms with Crippen LogP contribution in [0.4, 0.5) is 0 Å². The largest absolute Gasteiger partial charge is 0.339 e. The molecule has 2 aromatic rings. The van der Waals surface area contributed by atoms with Gasteiger partial charge in [-0.2, -0.15) is 4.98 Å². The van der Waals surface area contributed by atoms with Gasteiger partial charge in [0.25, 0.3) is 5.89 Å². The van der Waals surface area contributed by atoms with Crippen LogP contribution in [0.3, 0.4) is 0 Å². The Morgan fingerprint density at radius 1 is 1.47 bits per heavy atom. The van der Waals surface area contributed by atoms with Gasteiger partial charge in [-0.05, 0) is 37.8 Å². The SMILES string of the molecule is CC(c1nc(CN)no1)(C1CC1)n1cccc1. The monoisotopic (exact) mass is 232 g/mol. The first-order valence-electron chi connectivity index (χ1n) is 5.91. The van der Waals surface area contributed by atoms with E-state index < -0.39 is 0 Å². The van der Waals surface area contributed by atoms with E-state index >= 15 is 0 Å². The number of nitrogens with two attached hydrogens (primary N) is 1. The fourth-order valence-corrected chi connectivity index (χ4v) is 2.33. The van der Waals surface area contributed by atoms with Gasteiger partial charge < -0.3 is 14.8 Å². The van der Waals surface area contributed by atoms with Gasteiger partial charge in [0.05, 0.1) is 6.54 Å². The molecule has 0 saturated heterocycles. The van der Waals surface area contributed by atoms with Crippen molar-refractivity contribution in [1.29, 1.82) is 0 Å². The van der Waals surface area contributed by atoms with Crippen molar-refractivity contribution in [3.05, 3.63) is 36.2 Å². The minimum absolute atomic E-state index is 0.232. The van der Waals surface area contributed by atoms with Crippen LogP contribution in [0.5, 0.6) is 0 Å². The molecule has 2 N–H and O–H groups in total. The molecule has 90 valence electrons. The summed E-state index contributed by atoms with van der Waals surface area (Å²) in [6.07, 6.45) is 6.50. The lowest BCUT2D eigenvalue weighted by Gasteiger charge is -2.27. The Morgan fingerprint density at radius 3 is 2.71 bits per heavy atom. The minimum atomic E-state index is -0.232. The lowest BCUT2D eigenvalue weighted by molar-refractivity contribution is 0.231. The molecule has 0 bridgehead atoms. The van der Waals surface area contributed by atoms with Crippen molar-refractivity contribution in [1.82, 2.24) is 14.7 Å². The first kappa shape index (κ1) is 10.5. The highest BCUT2D eigenvalue weighted by Gasteiger charge is 2.48. The van der Waals surface area contributed by atoms with Crippen molar-refractivity contribution in [2.75, 3.05) is 0 Å². The first-order chi connectivity index (χ1) is 8.25. The average molecular weight is 232 g/mol. The molecule has 0 amide bonds. The van der Waals surface area contributed by atoms with Gasteiger partial charge in [0.1, 0.15) is 5.54 Å². The highest BCUT2D eigenvalue weighted by atomic mass is 16.5. The van der Waals surface area contributed by atoms with E-state index in [1.54, 1.807) is 0 Å². The molecule has 1 atom stereocenters. The summed E-state index contributed by atoms with van der Waals surface area (Å²) in [7, 11) is 0. The Balaban J connectivity index is 2.05. The zero-order chi connectivity index (χ0) is 11.9. The van der Waals surface area contributed by atoms with Crippen LogP contribution in [0.1, 0.15) is 31.5 Å². The molecule has 17 heavy (non-hydrogen) atoms. The van der Waals surface area contributed by atoms with E-state index in [9.17, 15) is 0 Å². The van der Waals surface area contributed by atoms with Crippen molar-refractivity contribution >= 4 is 0 Å². The molecule has 5 heteroatoms. The Kier molecular flexibility index (Phi) is 2.29. The first-order valence-corrected chi connectivity index (χ1v) is 5.91. The second-order valence-electron chi connectivity index (χ2n) is 4.73. The van der Waals surface area contributed by atoms with E-state index in [0.29, 0.717) is 24.2 Å². The predicted molar refractivity (Wildman–Crippen MR) is 62.1 cm³/mol. The Morgan fingerprint density at radius 2 is 2.18 bits per heavy atom. The number of hydrogen-bond acceptors (Lipinski definition) is 4. The summed E-state index contributed by atoms with van der Waals surface area (Å²) in [4.78, 5) is 4.39. The number of hydrogen-bond donors (Lipinski definition) is 1. The summed E-state index contributed by atoms with van der Waals surface area (Å²) >= 11 is 0. The van der Waals surface area contributed by atoms with Crippen LogP contribution in [-0.2, 0) is 12.1 Å². The zero-order valence-corrected chi connectivity index (χ0v) is 9.84. The third-order valence-corrected chi connectivity index (χ3v) is 3.60. The van der Waals surface area contributed by atoms with Gasteiger partial charge in [-0.15, -0.1) is 0 Å². The van der Waals surface area contributed by atoms with Crippen LogP contribution >= 0.6 is 0 Å². The molecule has 2 heterocycles. The fourth-order valence-electron chi connectivity index (χ4n) is 2.33. The lowest BCUT2D eigenvalue weighted by Crippen LogP contribution is -2.33. The van der Waals surface area contributed by atoms with E-state index in [1.807, 2.05) is 24.5 Å². The molecule has 0 radical (unpaired) electrons. The molecular formula is C12H16N4O. The highest BCUT2D eigenvalue weighted by Crippen LogP contribution is 2.47. The normalized spacial score (nSPS) is 19.2. The molecule has 2 aromatic heterocycles. The molecule has 3 rings (SSSR count). The third kappa shape index (κ3) is 1.58. The highest BCUT2D eigenvalue weighted by molar-refractivity contribution is 5.14. The topological polar surface area (TPSA) is 69.9 Å². The van der Waals surface area contributed by atoms with Crippen molar-refractivity contribution in [2.45, 2.75) is 31.8 Å². The Labute approximate surface area is 99.6 Å². The average Bonchev–Trinajstić information content (AvgIpc) is 2.88. The van der Waals surface area contributed by atoms with Gasteiger partial charge in [0, 0.05) is 12.4 Å². The van der Waals surface area contributed by atoms with Crippen LogP contribution < -0.4 is 5.73 Å². The maximum atomic E-state index is 5.53. The maximum Gasteiger partial charge on any atom is 0.252 e. The molecule has 1 aliphatic rings. The molecular weight excluding hydrogens is 216 g/mol. The third-order valence-electron chi connectivity index (χ3n) is 3.60. The van der Waals surface area contributed by atoms with Crippen LogP contribution in [0.15, 0.2) is 29.0 Å². The second kappa shape index (κ2) is 3.70. The molecule has 5 nitrogen and oxygen atoms in total. The summed E-state index contributed by atoms with van der Waals surface area (Å²) in [6, 6.07) is 4.03. The minimum Gasteiger partial charge on any atom is -0.339 e. The molecule has 1 saturated carbocycles. The molecule has 0 aromatic carbocycles. The van der Waals surface area contributed by atoms with E-state index in [1.165, 1.54) is 12.8 Å². The standard InChI is InChI=1S/C12H16N4O/c1-12(9-4-5-9,16-6-2-3-7-16)11-14-10(8-13)15-17-11/h2-3,6-7,9H,4-5,8,13H2,1H3. The van der Waals surface area contributed by atoms with Crippen LogP contribution in [0.2, 0.25) is 0 Å². The smallest absolute Gasteiger partial charge is 0.252 e. The zero-order valence-electron chi connectivity index (χ0n) is 9.84. The van der Waals surface area contributed by atoms with Gasteiger partial charge in [0.15, 0.2) is 5.82 Å². The van der Waals surface area contributed by atoms with Gasteiger partial charge in [0.2, 0.25) is 0 Å². The van der Waals surface area contributed by atoms with Crippen LogP contribution in [0.25, 0.3) is 0 Å².